The molecular weight excluding hydrogens is 210 g/mol. The van der Waals surface area contributed by atoms with Crippen LogP contribution in [0.2, 0.25) is 0 Å². The Kier molecular flexibility index (Phi) is 2.93. The normalized spacial score (nSPS) is 32.9. The molecule has 3 rings (SSSR count). The summed E-state index contributed by atoms with van der Waals surface area (Å²) in [7, 11) is 0. The van der Waals surface area contributed by atoms with E-state index in [9.17, 15) is 0 Å². The average Bonchev–Trinajstić information content (AvgIpc) is 2.30. The van der Waals surface area contributed by atoms with Crippen molar-refractivity contribution in [1.82, 2.24) is 0 Å². The maximum atomic E-state index is 6.35. The highest BCUT2D eigenvalue weighted by Crippen LogP contribution is 2.39. The third kappa shape index (κ3) is 2.00. The lowest BCUT2D eigenvalue weighted by Gasteiger charge is -2.39. The Hall–Kier alpha value is -0.860. The predicted molar refractivity (Wildman–Crippen MR) is 68.9 cm³/mol. The van der Waals surface area contributed by atoms with E-state index in [-0.39, 0.29) is 12.1 Å². The lowest BCUT2D eigenvalue weighted by Crippen LogP contribution is -2.39. The van der Waals surface area contributed by atoms with Crippen LogP contribution in [0, 0.1) is 0 Å². The summed E-state index contributed by atoms with van der Waals surface area (Å²) in [5, 5.41) is 0. The molecule has 92 valence electrons. The molecule has 3 atom stereocenters. The number of hydrogen-bond acceptors (Lipinski definition) is 2. The van der Waals surface area contributed by atoms with E-state index in [4.69, 9.17) is 10.5 Å². The molecule has 2 aliphatic carbocycles. The minimum Gasteiger partial charge on any atom is -0.373 e. The van der Waals surface area contributed by atoms with Gasteiger partial charge < -0.3 is 10.5 Å². The molecule has 0 aliphatic heterocycles. The minimum atomic E-state index is 0.0583. The number of fused-ring (bicyclic) bond motifs is 1. The molecule has 0 radical (unpaired) electrons. The molecule has 0 amide bonds. The summed E-state index contributed by atoms with van der Waals surface area (Å²) in [4.78, 5) is 0. The van der Waals surface area contributed by atoms with Crippen LogP contribution >= 0.6 is 0 Å². The fraction of sp³-hybridized carbons (Fsp3) is 0.600. The molecule has 2 nitrogen and oxygen atoms in total. The van der Waals surface area contributed by atoms with Crippen LogP contribution in [0.4, 0.5) is 0 Å². The Morgan fingerprint density at radius 1 is 1.18 bits per heavy atom. The summed E-state index contributed by atoms with van der Waals surface area (Å²) in [6, 6.07) is 8.61. The molecule has 1 aromatic carbocycles. The number of hydrogen-bond donors (Lipinski definition) is 1. The van der Waals surface area contributed by atoms with Gasteiger partial charge in [0.1, 0.15) is 0 Å². The Morgan fingerprint density at radius 3 is 2.53 bits per heavy atom. The first kappa shape index (κ1) is 11.2. The van der Waals surface area contributed by atoms with Crippen molar-refractivity contribution in [1.29, 1.82) is 0 Å². The summed E-state index contributed by atoms with van der Waals surface area (Å²) < 4.78 is 6.14. The van der Waals surface area contributed by atoms with Gasteiger partial charge in [-0.1, -0.05) is 31.2 Å². The number of rotatable bonds is 2. The molecule has 1 aromatic rings. The van der Waals surface area contributed by atoms with Gasteiger partial charge in [-0.15, -0.1) is 0 Å². The maximum absolute atomic E-state index is 6.35. The second kappa shape index (κ2) is 4.43. The van der Waals surface area contributed by atoms with Crippen LogP contribution < -0.4 is 5.73 Å². The number of nitrogens with two attached hydrogens (primary N) is 1. The van der Waals surface area contributed by atoms with Crippen molar-refractivity contribution in [2.75, 3.05) is 0 Å². The van der Waals surface area contributed by atoms with Crippen LogP contribution in [0.3, 0.4) is 0 Å². The SMILES string of the molecule is CC1CC(OC2CCC2)C(N)c2ccccc21. The lowest BCUT2D eigenvalue weighted by atomic mass is 9.79. The van der Waals surface area contributed by atoms with E-state index in [1.807, 2.05) is 0 Å². The lowest BCUT2D eigenvalue weighted by molar-refractivity contribution is -0.0700. The van der Waals surface area contributed by atoms with Gasteiger partial charge in [0.15, 0.2) is 0 Å². The van der Waals surface area contributed by atoms with Crippen LogP contribution in [0.25, 0.3) is 0 Å². The first-order valence-electron chi connectivity index (χ1n) is 6.75. The fourth-order valence-corrected chi connectivity index (χ4v) is 2.98. The Balaban J connectivity index is 1.81. The molecule has 0 spiro atoms. The summed E-state index contributed by atoms with van der Waals surface area (Å²) in [6.07, 6.45) is 5.51. The van der Waals surface area contributed by atoms with Gasteiger partial charge in [0.2, 0.25) is 0 Å². The van der Waals surface area contributed by atoms with E-state index in [0.29, 0.717) is 12.0 Å². The molecule has 2 heteroatoms. The largest absolute Gasteiger partial charge is 0.373 e. The van der Waals surface area contributed by atoms with E-state index in [0.717, 1.165) is 6.42 Å². The van der Waals surface area contributed by atoms with Crippen LogP contribution in [-0.2, 0) is 4.74 Å². The molecule has 0 aromatic heterocycles. The van der Waals surface area contributed by atoms with Gasteiger partial charge in [-0.25, -0.2) is 0 Å². The third-order valence-corrected chi connectivity index (χ3v) is 4.29. The third-order valence-electron chi connectivity index (χ3n) is 4.29. The van der Waals surface area contributed by atoms with E-state index in [1.54, 1.807) is 0 Å². The van der Waals surface area contributed by atoms with Crippen LogP contribution in [0.1, 0.15) is 55.7 Å². The molecule has 3 unspecified atom stereocenters. The van der Waals surface area contributed by atoms with Gasteiger partial charge in [0, 0.05) is 0 Å². The van der Waals surface area contributed by atoms with E-state index < -0.39 is 0 Å². The quantitative estimate of drug-likeness (QED) is 0.848. The van der Waals surface area contributed by atoms with Crippen LogP contribution in [0.15, 0.2) is 24.3 Å². The minimum absolute atomic E-state index is 0.0583. The molecule has 2 N–H and O–H groups in total. The summed E-state index contributed by atoms with van der Waals surface area (Å²) in [5.74, 6) is 0.566. The molecule has 0 saturated heterocycles. The van der Waals surface area contributed by atoms with Crippen molar-refractivity contribution >= 4 is 0 Å². The van der Waals surface area contributed by atoms with Crippen molar-refractivity contribution in [3.63, 3.8) is 0 Å². The van der Waals surface area contributed by atoms with Crippen LogP contribution in [0.5, 0.6) is 0 Å². The first-order chi connectivity index (χ1) is 8.25. The molecule has 1 saturated carbocycles. The standard InChI is InChI=1S/C15H21NO/c1-10-9-14(17-11-5-4-6-11)15(16)13-8-3-2-7-12(10)13/h2-3,7-8,10-11,14-15H,4-6,9,16H2,1H3. The summed E-state index contributed by atoms with van der Waals surface area (Å²) in [6.45, 7) is 2.28. The number of ether oxygens (including phenoxy) is 1. The van der Waals surface area contributed by atoms with Gasteiger partial charge in [-0.3, -0.25) is 0 Å². The summed E-state index contributed by atoms with van der Waals surface area (Å²) >= 11 is 0. The van der Waals surface area contributed by atoms with E-state index in [2.05, 4.69) is 31.2 Å². The maximum Gasteiger partial charge on any atom is 0.0777 e. The summed E-state index contributed by atoms with van der Waals surface area (Å²) in [5.41, 5.74) is 9.05. The highest BCUT2D eigenvalue weighted by molar-refractivity contribution is 5.36. The smallest absolute Gasteiger partial charge is 0.0777 e. The van der Waals surface area contributed by atoms with Crippen molar-refractivity contribution in [3.8, 4) is 0 Å². The Morgan fingerprint density at radius 2 is 1.88 bits per heavy atom. The van der Waals surface area contributed by atoms with Crippen molar-refractivity contribution in [3.05, 3.63) is 35.4 Å². The van der Waals surface area contributed by atoms with Gasteiger partial charge in [-0.2, -0.15) is 0 Å². The zero-order valence-corrected chi connectivity index (χ0v) is 10.4. The molecule has 2 aliphatic rings. The fourth-order valence-electron chi connectivity index (χ4n) is 2.98. The molecule has 0 bridgehead atoms. The highest BCUT2D eigenvalue weighted by atomic mass is 16.5. The zero-order valence-electron chi connectivity index (χ0n) is 10.4. The van der Waals surface area contributed by atoms with Gasteiger partial charge in [0.05, 0.1) is 18.2 Å². The van der Waals surface area contributed by atoms with Gasteiger partial charge in [-0.05, 0) is 42.7 Å². The van der Waals surface area contributed by atoms with Crippen molar-refractivity contribution in [2.24, 2.45) is 5.73 Å². The first-order valence-corrected chi connectivity index (χ1v) is 6.75. The van der Waals surface area contributed by atoms with Crippen molar-refractivity contribution in [2.45, 2.75) is 56.8 Å². The molecule has 17 heavy (non-hydrogen) atoms. The van der Waals surface area contributed by atoms with Crippen LogP contribution in [-0.4, -0.2) is 12.2 Å². The zero-order chi connectivity index (χ0) is 11.8. The molecular formula is C15H21NO. The van der Waals surface area contributed by atoms with Gasteiger partial charge >= 0.3 is 0 Å². The molecule has 0 heterocycles. The van der Waals surface area contributed by atoms with E-state index in [1.165, 1.54) is 30.4 Å². The average molecular weight is 231 g/mol. The van der Waals surface area contributed by atoms with Gasteiger partial charge in [0.25, 0.3) is 0 Å². The molecule has 1 fully saturated rings. The second-order valence-corrected chi connectivity index (χ2v) is 5.52. The monoisotopic (exact) mass is 231 g/mol. The van der Waals surface area contributed by atoms with Crippen molar-refractivity contribution < 1.29 is 4.74 Å². The Labute approximate surface area is 103 Å². The van der Waals surface area contributed by atoms with E-state index >= 15 is 0 Å². The number of benzene rings is 1. The second-order valence-electron chi connectivity index (χ2n) is 5.52. The Bertz CT molecular complexity index is 400. The highest BCUT2D eigenvalue weighted by Gasteiger charge is 2.34. The predicted octanol–water partition coefficient (Wildman–Crippen LogP) is 3.13. The topological polar surface area (TPSA) is 35.2 Å².